The van der Waals surface area contributed by atoms with Crippen LogP contribution >= 0.6 is 12.4 Å². The van der Waals surface area contributed by atoms with E-state index in [0.717, 1.165) is 4.68 Å². The van der Waals surface area contributed by atoms with Gasteiger partial charge in [-0.25, -0.2) is 0 Å². The fourth-order valence-electron chi connectivity index (χ4n) is 1.48. The fourth-order valence-corrected chi connectivity index (χ4v) is 1.48. The molecule has 0 aliphatic rings. The van der Waals surface area contributed by atoms with E-state index in [0.29, 0.717) is 11.3 Å². The van der Waals surface area contributed by atoms with Gasteiger partial charge < -0.3 is 11.5 Å². The van der Waals surface area contributed by atoms with Gasteiger partial charge in [0.15, 0.2) is 0 Å². The van der Waals surface area contributed by atoms with Gasteiger partial charge in [0.1, 0.15) is 5.82 Å². The molecule has 1 heterocycles. The number of nitrogens with two attached hydrogens (primary N) is 2. The Morgan fingerprint density at radius 3 is 2.37 bits per heavy atom. The van der Waals surface area contributed by atoms with E-state index in [-0.39, 0.29) is 29.9 Å². The van der Waals surface area contributed by atoms with Gasteiger partial charge in [0.2, 0.25) is 5.96 Å². The molecule has 0 fully saturated rings. The number of nitro benzene ring substituents is 1. The summed E-state index contributed by atoms with van der Waals surface area (Å²) in [6, 6.07) is 7.41. The summed E-state index contributed by atoms with van der Waals surface area (Å²) in [5.41, 5.74) is 12.1. The van der Waals surface area contributed by atoms with Gasteiger partial charge in [0, 0.05) is 23.8 Å². The predicted molar refractivity (Wildman–Crippen MR) is 73.3 cm³/mol. The molecule has 0 aliphatic heterocycles. The first-order chi connectivity index (χ1) is 8.49. The highest BCUT2D eigenvalue weighted by atomic mass is 35.5. The van der Waals surface area contributed by atoms with Crippen LogP contribution in [0.1, 0.15) is 0 Å². The average molecular weight is 283 g/mol. The molecular formula is C10H11ClN6O2. The number of halogens is 1. The maximum Gasteiger partial charge on any atom is 0.269 e. The summed E-state index contributed by atoms with van der Waals surface area (Å²) in [4.78, 5) is 10.0. The third kappa shape index (κ3) is 2.80. The number of hydrogen-bond acceptors (Lipinski definition) is 5. The van der Waals surface area contributed by atoms with Gasteiger partial charge in [0.25, 0.3) is 5.69 Å². The molecule has 9 heteroatoms. The molecule has 2 rings (SSSR count). The van der Waals surface area contributed by atoms with Crippen molar-refractivity contribution in [1.82, 2.24) is 9.78 Å². The largest absolute Gasteiger partial charge is 0.383 e. The zero-order chi connectivity index (χ0) is 13.3. The van der Waals surface area contributed by atoms with Crippen molar-refractivity contribution in [3.8, 4) is 11.3 Å². The third-order valence-electron chi connectivity index (χ3n) is 2.34. The van der Waals surface area contributed by atoms with E-state index in [2.05, 4.69) is 5.10 Å². The lowest BCUT2D eigenvalue weighted by Crippen LogP contribution is -2.23. The van der Waals surface area contributed by atoms with E-state index in [4.69, 9.17) is 16.9 Å². The van der Waals surface area contributed by atoms with Crippen LogP contribution in [0, 0.1) is 15.5 Å². The Morgan fingerprint density at radius 2 is 1.95 bits per heavy atom. The Labute approximate surface area is 114 Å². The van der Waals surface area contributed by atoms with Crippen molar-refractivity contribution in [2.75, 3.05) is 5.73 Å². The number of hydrogen-bond donors (Lipinski definition) is 3. The molecule has 100 valence electrons. The Morgan fingerprint density at radius 1 is 1.37 bits per heavy atom. The molecule has 0 spiro atoms. The summed E-state index contributed by atoms with van der Waals surface area (Å²) in [7, 11) is 0. The van der Waals surface area contributed by atoms with Gasteiger partial charge in [-0.05, 0) is 12.1 Å². The molecule has 2 aromatic rings. The number of non-ortho nitro benzene ring substituents is 1. The van der Waals surface area contributed by atoms with Crippen LogP contribution in [0.5, 0.6) is 0 Å². The van der Waals surface area contributed by atoms with Gasteiger partial charge in [-0.2, -0.15) is 9.78 Å². The van der Waals surface area contributed by atoms with E-state index in [9.17, 15) is 10.1 Å². The third-order valence-corrected chi connectivity index (χ3v) is 2.34. The van der Waals surface area contributed by atoms with Gasteiger partial charge in [-0.1, -0.05) is 0 Å². The normalized spacial score (nSPS) is 9.68. The van der Waals surface area contributed by atoms with Crippen molar-refractivity contribution in [2.45, 2.75) is 0 Å². The van der Waals surface area contributed by atoms with Crippen molar-refractivity contribution in [3.63, 3.8) is 0 Å². The van der Waals surface area contributed by atoms with E-state index < -0.39 is 4.92 Å². The molecule has 1 aromatic carbocycles. The number of rotatable bonds is 2. The summed E-state index contributed by atoms with van der Waals surface area (Å²) in [6.07, 6.45) is 0. The first-order valence-electron chi connectivity index (χ1n) is 4.94. The molecule has 0 amide bonds. The topological polar surface area (TPSA) is 137 Å². The average Bonchev–Trinajstić information content (AvgIpc) is 2.71. The van der Waals surface area contributed by atoms with Crippen molar-refractivity contribution in [1.29, 1.82) is 5.41 Å². The molecule has 8 nitrogen and oxygen atoms in total. The van der Waals surface area contributed by atoms with Gasteiger partial charge in [0.05, 0.1) is 10.6 Å². The minimum Gasteiger partial charge on any atom is -0.383 e. The van der Waals surface area contributed by atoms with Crippen molar-refractivity contribution in [2.24, 2.45) is 5.73 Å². The van der Waals surface area contributed by atoms with Gasteiger partial charge in [-0.3, -0.25) is 15.5 Å². The van der Waals surface area contributed by atoms with Crippen LogP contribution in [-0.2, 0) is 0 Å². The SMILES string of the molecule is Cl.N=C(N)n1nc(-c2ccc([N+](=O)[O-])cc2)cc1N. The summed E-state index contributed by atoms with van der Waals surface area (Å²) in [6.45, 7) is 0. The maximum atomic E-state index is 10.5. The summed E-state index contributed by atoms with van der Waals surface area (Å²) >= 11 is 0. The second-order valence-corrected chi connectivity index (χ2v) is 3.56. The molecule has 19 heavy (non-hydrogen) atoms. The highest BCUT2D eigenvalue weighted by molar-refractivity contribution is 5.85. The van der Waals surface area contributed by atoms with Crippen LogP contribution in [0.4, 0.5) is 11.5 Å². The number of nitrogens with zero attached hydrogens (tertiary/aromatic N) is 3. The molecule has 0 bridgehead atoms. The van der Waals surface area contributed by atoms with Crippen molar-refractivity contribution >= 4 is 29.9 Å². The summed E-state index contributed by atoms with van der Waals surface area (Å²) < 4.78 is 1.08. The second kappa shape index (κ2) is 5.36. The van der Waals surface area contributed by atoms with Crippen molar-refractivity contribution in [3.05, 3.63) is 40.4 Å². The van der Waals surface area contributed by atoms with Crippen LogP contribution in [0.25, 0.3) is 11.3 Å². The minimum atomic E-state index is -0.480. The smallest absolute Gasteiger partial charge is 0.269 e. The van der Waals surface area contributed by atoms with Gasteiger partial charge >= 0.3 is 0 Å². The predicted octanol–water partition coefficient (Wildman–Crippen LogP) is 1.20. The van der Waals surface area contributed by atoms with Crippen LogP contribution in [0.15, 0.2) is 30.3 Å². The van der Waals surface area contributed by atoms with E-state index in [1.54, 1.807) is 18.2 Å². The molecule has 0 saturated carbocycles. The molecule has 0 unspecified atom stereocenters. The molecule has 0 aliphatic carbocycles. The lowest BCUT2D eigenvalue weighted by atomic mass is 10.1. The Hall–Kier alpha value is -2.61. The second-order valence-electron chi connectivity index (χ2n) is 3.56. The Bertz CT molecular complexity index is 621. The zero-order valence-electron chi connectivity index (χ0n) is 9.61. The molecule has 0 radical (unpaired) electrons. The number of anilines is 1. The lowest BCUT2D eigenvalue weighted by molar-refractivity contribution is -0.384. The van der Waals surface area contributed by atoms with Crippen LogP contribution in [0.2, 0.25) is 0 Å². The van der Waals surface area contributed by atoms with Crippen LogP contribution in [0.3, 0.4) is 0 Å². The fraction of sp³-hybridized carbons (Fsp3) is 0. The van der Waals surface area contributed by atoms with Crippen LogP contribution in [-0.4, -0.2) is 20.7 Å². The summed E-state index contributed by atoms with van der Waals surface area (Å²) in [5, 5.41) is 21.8. The molecule has 1 aromatic heterocycles. The standard InChI is InChI=1S/C10H10N6O2.ClH/c11-9-5-8(14-15(9)10(12)13)6-1-3-7(4-2-6)16(17)18;/h1-5H,11H2,(H3,12,13);1H. The number of nitrogens with one attached hydrogen (secondary N) is 1. The zero-order valence-corrected chi connectivity index (χ0v) is 10.4. The highest BCUT2D eigenvalue weighted by Crippen LogP contribution is 2.22. The first-order valence-corrected chi connectivity index (χ1v) is 4.94. The number of nitro groups is 1. The van der Waals surface area contributed by atoms with Crippen molar-refractivity contribution < 1.29 is 4.92 Å². The first kappa shape index (κ1) is 14.5. The molecule has 5 N–H and O–H groups in total. The molecule has 0 saturated heterocycles. The van der Waals surface area contributed by atoms with Crippen LogP contribution < -0.4 is 11.5 Å². The number of benzene rings is 1. The van der Waals surface area contributed by atoms with Gasteiger partial charge in [-0.15, -0.1) is 12.4 Å². The lowest BCUT2D eigenvalue weighted by Gasteiger charge is -1.98. The molecule has 0 atom stereocenters. The van der Waals surface area contributed by atoms with E-state index in [1.807, 2.05) is 0 Å². The molecular weight excluding hydrogens is 272 g/mol. The Kier molecular flexibility index (Phi) is 4.07. The quantitative estimate of drug-likeness (QED) is 0.329. The number of nitrogen functional groups attached to an aromatic ring is 2. The van der Waals surface area contributed by atoms with E-state index in [1.165, 1.54) is 12.1 Å². The monoisotopic (exact) mass is 282 g/mol. The number of aromatic nitrogens is 2. The summed E-state index contributed by atoms with van der Waals surface area (Å²) in [5.74, 6) is -0.0588. The van der Waals surface area contributed by atoms with E-state index >= 15 is 0 Å². The highest BCUT2D eigenvalue weighted by Gasteiger charge is 2.10. The maximum absolute atomic E-state index is 10.5. The minimum absolute atomic E-state index is 0. The Balaban J connectivity index is 0.00000180.